The highest BCUT2D eigenvalue weighted by Crippen LogP contribution is 2.38. The van der Waals surface area contributed by atoms with Crippen LogP contribution in [0.4, 0.5) is 4.79 Å². The topological polar surface area (TPSA) is 86.4 Å². The molecule has 2 aromatic heterocycles. The smallest absolute Gasteiger partial charge is 0.418 e. The highest BCUT2D eigenvalue weighted by Gasteiger charge is 2.23. The highest BCUT2D eigenvalue weighted by atomic mass is 16.6. The number of hydrogen-bond donors (Lipinski definition) is 0. The van der Waals surface area contributed by atoms with Crippen LogP contribution in [0.25, 0.3) is 33.7 Å². The van der Waals surface area contributed by atoms with E-state index in [1.807, 2.05) is 69.4 Å². The van der Waals surface area contributed by atoms with Gasteiger partial charge in [0.15, 0.2) is 0 Å². The van der Waals surface area contributed by atoms with Gasteiger partial charge < -0.3 is 14.2 Å². The molecule has 1 saturated heterocycles. The fraction of sp³-hybridized carbons (Fsp3) is 0.303. The molecular formula is C33H31N3O4. The number of nitrogens with zero attached hydrogens (tertiary/aromatic N) is 3. The van der Waals surface area contributed by atoms with Gasteiger partial charge in [0.05, 0.1) is 30.0 Å². The van der Waals surface area contributed by atoms with E-state index >= 15 is 0 Å². The largest absolute Gasteiger partial charge is 0.489 e. The number of hydrogen-bond acceptors (Lipinski definition) is 6. The molecule has 0 amide bonds. The Hall–Kier alpha value is -4.41. The molecule has 1 fully saturated rings. The molecule has 0 radical (unpaired) electrons. The van der Waals surface area contributed by atoms with Crippen molar-refractivity contribution in [3.63, 3.8) is 0 Å². The van der Waals surface area contributed by atoms with E-state index in [0.29, 0.717) is 30.9 Å². The minimum absolute atomic E-state index is 0.0701. The average Bonchev–Trinajstić information content (AvgIpc) is 3.57. The van der Waals surface area contributed by atoms with Crippen LogP contribution in [0.2, 0.25) is 0 Å². The summed E-state index contributed by atoms with van der Waals surface area (Å²) in [6.45, 7) is 6.95. The lowest BCUT2D eigenvalue weighted by atomic mass is 9.98. The van der Waals surface area contributed by atoms with E-state index in [2.05, 4.69) is 23.2 Å². The first-order chi connectivity index (χ1) is 19.3. The number of pyridine rings is 1. The molecule has 2 aromatic carbocycles. The summed E-state index contributed by atoms with van der Waals surface area (Å²) in [5.74, 6) is 0.617. The third kappa shape index (κ3) is 5.11. The highest BCUT2D eigenvalue weighted by molar-refractivity contribution is 5.97. The van der Waals surface area contributed by atoms with Crippen molar-refractivity contribution < 1.29 is 19.0 Å². The van der Waals surface area contributed by atoms with Crippen LogP contribution in [-0.4, -0.2) is 40.6 Å². The Labute approximate surface area is 233 Å². The Morgan fingerprint density at radius 2 is 1.88 bits per heavy atom. The van der Waals surface area contributed by atoms with Gasteiger partial charge in [-0.05, 0) is 85.5 Å². The number of nitriles is 1. The molecule has 7 heteroatoms. The lowest BCUT2D eigenvalue weighted by molar-refractivity contribution is 0.0254. The van der Waals surface area contributed by atoms with Crippen molar-refractivity contribution >= 4 is 28.6 Å². The SMILES string of the molecule is CC(C)(C)OC(=O)n1ccc2cc(C3=Cc4c(-c5ccc(OC6CCOCC6)c(C#N)c5)ccnc4C3)ccc21. The molecule has 202 valence electrons. The number of carbonyl (C=O) groups is 1. The number of allylic oxidation sites excluding steroid dienone is 1. The Morgan fingerprint density at radius 3 is 2.65 bits per heavy atom. The van der Waals surface area contributed by atoms with Gasteiger partial charge in [-0.1, -0.05) is 12.1 Å². The monoisotopic (exact) mass is 533 g/mol. The zero-order chi connectivity index (χ0) is 27.9. The molecule has 7 nitrogen and oxygen atoms in total. The quantitative estimate of drug-likeness (QED) is 0.280. The average molecular weight is 534 g/mol. The molecule has 0 saturated carbocycles. The molecule has 0 unspecified atom stereocenters. The number of ether oxygens (including phenoxy) is 3. The van der Waals surface area contributed by atoms with Gasteiger partial charge in [0, 0.05) is 42.6 Å². The zero-order valence-electron chi connectivity index (χ0n) is 22.9. The normalized spacial score (nSPS) is 15.4. The summed E-state index contributed by atoms with van der Waals surface area (Å²) in [6, 6.07) is 18.2. The minimum Gasteiger partial charge on any atom is -0.489 e. The Bertz CT molecular complexity index is 1680. The molecule has 40 heavy (non-hydrogen) atoms. The first-order valence-corrected chi connectivity index (χ1v) is 13.6. The Balaban J connectivity index is 1.29. The van der Waals surface area contributed by atoms with Crippen molar-refractivity contribution in [2.45, 2.75) is 51.7 Å². The maximum absolute atomic E-state index is 12.7. The molecule has 0 bridgehead atoms. The molecule has 3 heterocycles. The molecule has 4 aromatic rings. The van der Waals surface area contributed by atoms with Crippen LogP contribution in [-0.2, 0) is 15.9 Å². The standard InChI is InChI=1S/C33H31N3O4/c1-33(2,3)40-32(37)36-13-9-23-16-21(4-6-30(23)36)24-18-28-27(8-12-35-29(28)19-24)22-5-7-31(25(17-22)20-34)39-26-10-14-38-15-11-26/h4-9,12-13,16-18,26H,10-11,14-15,19H2,1-3H3. The summed E-state index contributed by atoms with van der Waals surface area (Å²) in [4.78, 5) is 17.3. The third-order valence-corrected chi connectivity index (χ3v) is 7.27. The number of rotatable bonds is 4. The van der Waals surface area contributed by atoms with Crippen LogP contribution < -0.4 is 4.74 Å². The fourth-order valence-corrected chi connectivity index (χ4v) is 5.33. The van der Waals surface area contributed by atoms with E-state index in [1.165, 1.54) is 0 Å². The predicted octanol–water partition coefficient (Wildman–Crippen LogP) is 7.01. The number of benzene rings is 2. The second-order valence-corrected chi connectivity index (χ2v) is 11.3. The van der Waals surface area contributed by atoms with Gasteiger partial charge in [-0.25, -0.2) is 4.79 Å². The number of aromatic nitrogens is 2. The summed E-state index contributed by atoms with van der Waals surface area (Å²) in [5, 5.41) is 10.8. The molecule has 2 aliphatic rings. The van der Waals surface area contributed by atoms with Crippen LogP contribution in [0.3, 0.4) is 0 Å². The molecule has 1 aliphatic heterocycles. The van der Waals surface area contributed by atoms with E-state index in [4.69, 9.17) is 14.2 Å². The lowest BCUT2D eigenvalue weighted by Crippen LogP contribution is -2.26. The molecule has 1 aliphatic carbocycles. The second kappa shape index (κ2) is 10.3. The molecule has 0 N–H and O–H groups in total. The molecule has 0 spiro atoms. The van der Waals surface area contributed by atoms with Gasteiger partial charge in [0.25, 0.3) is 0 Å². The number of carbonyl (C=O) groups excluding carboxylic acids is 1. The second-order valence-electron chi connectivity index (χ2n) is 11.3. The first-order valence-electron chi connectivity index (χ1n) is 13.6. The molecular weight excluding hydrogens is 502 g/mol. The van der Waals surface area contributed by atoms with Crippen molar-refractivity contribution in [2.75, 3.05) is 13.2 Å². The van der Waals surface area contributed by atoms with Crippen molar-refractivity contribution in [3.05, 3.63) is 83.3 Å². The van der Waals surface area contributed by atoms with Gasteiger partial charge in [-0.2, -0.15) is 5.26 Å². The number of fused-ring (bicyclic) bond motifs is 2. The summed E-state index contributed by atoms with van der Waals surface area (Å²) in [6.07, 6.45) is 7.80. The predicted molar refractivity (Wildman–Crippen MR) is 154 cm³/mol. The Kier molecular flexibility index (Phi) is 6.65. The van der Waals surface area contributed by atoms with Gasteiger partial charge in [0.1, 0.15) is 23.5 Å². The van der Waals surface area contributed by atoms with Gasteiger partial charge in [0.2, 0.25) is 0 Å². The summed E-state index contributed by atoms with van der Waals surface area (Å²) in [5.41, 5.74) is 7.05. The molecule has 0 atom stereocenters. The van der Waals surface area contributed by atoms with Crippen LogP contribution in [0, 0.1) is 11.3 Å². The Morgan fingerprint density at radius 1 is 1.07 bits per heavy atom. The maximum Gasteiger partial charge on any atom is 0.418 e. The van der Waals surface area contributed by atoms with Crippen LogP contribution >= 0.6 is 0 Å². The van der Waals surface area contributed by atoms with Crippen LogP contribution in [0.5, 0.6) is 5.75 Å². The minimum atomic E-state index is -0.565. The first kappa shape index (κ1) is 25.8. The third-order valence-electron chi connectivity index (χ3n) is 7.27. The van der Waals surface area contributed by atoms with Crippen molar-refractivity contribution in [3.8, 4) is 22.9 Å². The van der Waals surface area contributed by atoms with Crippen molar-refractivity contribution in [2.24, 2.45) is 0 Å². The van der Waals surface area contributed by atoms with E-state index in [9.17, 15) is 10.1 Å². The maximum atomic E-state index is 12.7. The van der Waals surface area contributed by atoms with Crippen LogP contribution in [0.15, 0.2) is 60.9 Å². The summed E-state index contributed by atoms with van der Waals surface area (Å²) in [7, 11) is 0. The summed E-state index contributed by atoms with van der Waals surface area (Å²) >= 11 is 0. The fourth-order valence-electron chi connectivity index (χ4n) is 5.33. The van der Waals surface area contributed by atoms with E-state index in [0.717, 1.165) is 57.3 Å². The van der Waals surface area contributed by atoms with Crippen LogP contribution in [0.1, 0.15) is 56.0 Å². The van der Waals surface area contributed by atoms with E-state index < -0.39 is 11.7 Å². The lowest BCUT2D eigenvalue weighted by Gasteiger charge is -2.24. The van der Waals surface area contributed by atoms with Gasteiger partial charge in [-0.3, -0.25) is 9.55 Å². The van der Waals surface area contributed by atoms with Gasteiger partial charge >= 0.3 is 6.09 Å². The zero-order valence-corrected chi connectivity index (χ0v) is 22.9. The van der Waals surface area contributed by atoms with E-state index in [1.54, 1.807) is 10.8 Å². The summed E-state index contributed by atoms with van der Waals surface area (Å²) < 4.78 is 18.7. The molecule has 6 rings (SSSR count). The van der Waals surface area contributed by atoms with Crippen molar-refractivity contribution in [1.82, 2.24) is 9.55 Å². The van der Waals surface area contributed by atoms with Gasteiger partial charge in [-0.15, -0.1) is 0 Å². The van der Waals surface area contributed by atoms with Crippen molar-refractivity contribution in [1.29, 1.82) is 5.26 Å². The van der Waals surface area contributed by atoms with E-state index in [-0.39, 0.29) is 6.10 Å².